The molecular weight excluding hydrogens is 236 g/mol. The van der Waals surface area contributed by atoms with Crippen LogP contribution in [-0.4, -0.2) is 11.9 Å². The van der Waals surface area contributed by atoms with Gasteiger partial charge in [0.25, 0.3) is 0 Å². The number of unbranched alkanes of at least 4 members (excludes halogenated alkanes) is 2. The molecule has 3 heteroatoms. The molecule has 0 aliphatic carbocycles. The van der Waals surface area contributed by atoms with E-state index in [-0.39, 0.29) is 5.91 Å². The molecule has 0 saturated carbocycles. The first-order valence-electron chi connectivity index (χ1n) is 7.32. The van der Waals surface area contributed by atoms with Crippen LogP contribution < -0.4 is 11.1 Å². The number of carbonyl (C=O) groups excluding carboxylic acids is 1. The van der Waals surface area contributed by atoms with Crippen LogP contribution >= 0.6 is 0 Å². The van der Waals surface area contributed by atoms with E-state index in [2.05, 4.69) is 24.4 Å². The first-order chi connectivity index (χ1) is 9.17. The van der Waals surface area contributed by atoms with E-state index in [0.29, 0.717) is 0 Å². The third-order valence-corrected chi connectivity index (χ3v) is 3.23. The number of amides is 1. The Morgan fingerprint density at radius 1 is 1.16 bits per heavy atom. The normalized spacial score (nSPS) is 12.2. The number of rotatable bonds is 8. The zero-order chi connectivity index (χ0) is 14.1. The monoisotopic (exact) mass is 262 g/mol. The molecule has 1 atom stereocenters. The molecule has 0 spiro atoms. The van der Waals surface area contributed by atoms with Crippen LogP contribution in [0.4, 0.5) is 5.69 Å². The first kappa shape index (κ1) is 15.7. The van der Waals surface area contributed by atoms with E-state index < -0.39 is 6.04 Å². The molecule has 0 aliphatic heterocycles. The van der Waals surface area contributed by atoms with Gasteiger partial charge in [0.05, 0.1) is 6.04 Å². The number of aryl methyl sites for hydroxylation is 1. The van der Waals surface area contributed by atoms with Gasteiger partial charge in [-0.3, -0.25) is 4.79 Å². The van der Waals surface area contributed by atoms with Crippen LogP contribution in [0.5, 0.6) is 0 Å². The third kappa shape index (κ3) is 5.88. The Bertz CT molecular complexity index is 373. The zero-order valence-electron chi connectivity index (χ0n) is 12.1. The second kappa shape index (κ2) is 8.70. The van der Waals surface area contributed by atoms with Crippen LogP contribution in [-0.2, 0) is 11.2 Å². The van der Waals surface area contributed by atoms with Crippen molar-refractivity contribution in [3.05, 3.63) is 29.8 Å². The molecule has 1 aromatic carbocycles. The minimum absolute atomic E-state index is 0.0967. The average Bonchev–Trinajstić information content (AvgIpc) is 2.41. The molecule has 0 fully saturated rings. The minimum atomic E-state index is -0.408. The van der Waals surface area contributed by atoms with Crippen molar-refractivity contribution in [2.24, 2.45) is 5.73 Å². The van der Waals surface area contributed by atoms with E-state index in [1.807, 2.05) is 19.1 Å². The number of anilines is 1. The third-order valence-electron chi connectivity index (χ3n) is 3.23. The van der Waals surface area contributed by atoms with E-state index in [1.54, 1.807) is 0 Å². The summed E-state index contributed by atoms with van der Waals surface area (Å²) in [6.45, 7) is 4.23. The van der Waals surface area contributed by atoms with Crippen LogP contribution in [0.15, 0.2) is 24.3 Å². The Morgan fingerprint density at radius 2 is 1.84 bits per heavy atom. The highest BCUT2D eigenvalue weighted by Gasteiger charge is 2.11. The number of benzene rings is 1. The van der Waals surface area contributed by atoms with Crippen molar-refractivity contribution >= 4 is 11.6 Å². The van der Waals surface area contributed by atoms with Crippen LogP contribution in [0.2, 0.25) is 0 Å². The largest absolute Gasteiger partial charge is 0.325 e. The van der Waals surface area contributed by atoms with Gasteiger partial charge in [-0.15, -0.1) is 0 Å². The van der Waals surface area contributed by atoms with Gasteiger partial charge in [-0.25, -0.2) is 0 Å². The lowest BCUT2D eigenvalue weighted by molar-refractivity contribution is -0.117. The molecule has 0 unspecified atom stereocenters. The van der Waals surface area contributed by atoms with Gasteiger partial charge in [0.2, 0.25) is 5.91 Å². The maximum Gasteiger partial charge on any atom is 0.241 e. The van der Waals surface area contributed by atoms with Gasteiger partial charge in [0, 0.05) is 5.69 Å². The van der Waals surface area contributed by atoms with Crippen LogP contribution in [0.25, 0.3) is 0 Å². The molecule has 19 heavy (non-hydrogen) atoms. The van der Waals surface area contributed by atoms with E-state index in [9.17, 15) is 4.79 Å². The zero-order valence-corrected chi connectivity index (χ0v) is 12.1. The van der Waals surface area contributed by atoms with Gasteiger partial charge in [-0.1, -0.05) is 45.2 Å². The van der Waals surface area contributed by atoms with Gasteiger partial charge in [0.15, 0.2) is 0 Å². The second-order valence-corrected chi connectivity index (χ2v) is 5.04. The SMILES string of the molecule is CCCCCc1ccc(NC(=O)[C@@H](N)CCC)cc1. The van der Waals surface area contributed by atoms with Crippen molar-refractivity contribution in [1.29, 1.82) is 0 Å². The van der Waals surface area contributed by atoms with Crippen LogP contribution in [0, 0.1) is 0 Å². The summed E-state index contributed by atoms with van der Waals surface area (Å²) in [7, 11) is 0. The van der Waals surface area contributed by atoms with Crippen molar-refractivity contribution in [2.45, 2.75) is 58.4 Å². The molecule has 0 heterocycles. The number of nitrogens with two attached hydrogens (primary N) is 1. The van der Waals surface area contributed by atoms with Crippen molar-refractivity contribution in [3.8, 4) is 0 Å². The number of hydrogen-bond acceptors (Lipinski definition) is 2. The van der Waals surface area contributed by atoms with Gasteiger partial charge in [0.1, 0.15) is 0 Å². The molecule has 0 aliphatic rings. The lowest BCUT2D eigenvalue weighted by Crippen LogP contribution is -2.35. The predicted molar refractivity (Wildman–Crippen MR) is 81.2 cm³/mol. The summed E-state index contributed by atoms with van der Waals surface area (Å²) in [5.41, 5.74) is 7.93. The summed E-state index contributed by atoms with van der Waals surface area (Å²) in [6.07, 6.45) is 6.49. The smallest absolute Gasteiger partial charge is 0.241 e. The Kier molecular flexibility index (Phi) is 7.19. The lowest BCUT2D eigenvalue weighted by Gasteiger charge is -2.11. The Morgan fingerprint density at radius 3 is 2.42 bits per heavy atom. The Hall–Kier alpha value is -1.35. The fraction of sp³-hybridized carbons (Fsp3) is 0.562. The van der Waals surface area contributed by atoms with E-state index >= 15 is 0 Å². The Labute approximate surface area is 116 Å². The van der Waals surface area contributed by atoms with E-state index in [0.717, 1.165) is 24.9 Å². The van der Waals surface area contributed by atoms with Gasteiger partial charge in [-0.05, 0) is 37.0 Å². The molecule has 0 saturated heterocycles. The molecule has 1 amide bonds. The molecule has 0 bridgehead atoms. The number of carbonyl (C=O) groups is 1. The summed E-state index contributed by atoms with van der Waals surface area (Å²) >= 11 is 0. The second-order valence-electron chi connectivity index (χ2n) is 5.04. The van der Waals surface area contributed by atoms with Crippen LogP contribution in [0.3, 0.4) is 0 Å². The topological polar surface area (TPSA) is 55.1 Å². The lowest BCUT2D eigenvalue weighted by atomic mass is 10.1. The Balaban J connectivity index is 2.45. The van der Waals surface area contributed by atoms with Gasteiger partial charge in [-0.2, -0.15) is 0 Å². The maximum atomic E-state index is 11.8. The predicted octanol–water partition coefficient (Wildman–Crippen LogP) is 3.49. The van der Waals surface area contributed by atoms with E-state index in [4.69, 9.17) is 5.73 Å². The fourth-order valence-electron chi connectivity index (χ4n) is 2.01. The van der Waals surface area contributed by atoms with Crippen molar-refractivity contribution in [2.75, 3.05) is 5.32 Å². The van der Waals surface area contributed by atoms with Gasteiger partial charge < -0.3 is 11.1 Å². The molecule has 3 N–H and O–H groups in total. The van der Waals surface area contributed by atoms with Crippen LogP contribution in [0.1, 0.15) is 51.5 Å². The van der Waals surface area contributed by atoms with Crippen molar-refractivity contribution in [1.82, 2.24) is 0 Å². The molecule has 1 rings (SSSR count). The highest BCUT2D eigenvalue weighted by molar-refractivity contribution is 5.94. The average molecular weight is 262 g/mol. The summed E-state index contributed by atoms with van der Waals surface area (Å²) in [5.74, 6) is -0.0967. The fourth-order valence-corrected chi connectivity index (χ4v) is 2.01. The molecular formula is C16H26N2O. The summed E-state index contributed by atoms with van der Waals surface area (Å²) < 4.78 is 0. The quantitative estimate of drug-likeness (QED) is 0.705. The van der Waals surface area contributed by atoms with Gasteiger partial charge >= 0.3 is 0 Å². The number of hydrogen-bond donors (Lipinski definition) is 2. The highest BCUT2D eigenvalue weighted by atomic mass is 16.2. The highest BCUT2D eigenvalue weighted by Crippen LogP contribution is 2.12. The number of nitrogens with one attached hydrogen (secondary N) is 1. The molecule has 1 aromatic rings. The molecule has 106 valence electrons. The summed E-state index contributed by atoms with van der Waals surface area (Å²) in [6, 6.07) is 7.66. The molecule has 0 radical (unpaired) electrons. The van der Waals surface area contributed by atoms with E-state index in [1.165, 1.54) is 24.8 Å². The first-order valence-corrected chi connectivity index (χ1v) is 7.32. The van der Waals surface area contributed by atoms with Crippen molar-refractivity contribution in [3.63, 3.8) is 0 Å². The van der Waals surface area contributed by atoms with Crippen molar-refractivity contribution < 1.29 is 4.79 Å². The molecule has 3 nitrogen and oxygen atoms in total. The maximum absolute atomic E-state index is 11.8. The minimum Gasteiger partial charge on any atom is -0.325 e. The molecule has 0 aromatic heterocycles. The summed E-state index contributed by atoms with van der Waals surface area (Å²) in [5, 5.41) is 2.86. The standard InChI is InChI=1S/C16H26N2O/c1-3-5-6-8-13-9-11-14(12-10-13)18-16(19)15(17)7-4-2/h9-12,15H,3-8,17H2,1-2H3,(H,18,19)/t15-/m0/s1. The summed E-state index contributed by atoms with van der Waals surface area (Å²) in [4.78, 5) is 11.8.